The van der Waals surface area contributed by atoms with Gasteiger partial charge in [0.25, 0.3) is 0 Å². The van der Waals surface area contributed by atoms with Gasteiger partial charge in [0.05, 0.1) is 12.5 Å². The van der Waals surface area contributed by atoms with Crippen molar-refractivity contribution < 1.29 is 9.90 Å². The van der Waals surface area contributed by atoms with Crippen molar-refractivity contribution in [3.05, 3.63) is 56.2 Å². The van der Waals surface area contributed by atoms with Crippen LogP contribution in [0.4, 0.5) is 0 Å². The van der Waals surface area contributed by atoms with Crippen LogP contribution in [0, 0.1) is 0 Å². The molecular weight excluding hydrogens is 317 g/mol. The third kappa shape index (κ3) is 4.21. The number of carbonyl (C=O) groups is 1. The Labute approximate surface area is 131 Å². The lowest BCUT2D eigenvalue weighted by Gasteiger charge is -2.16. The lowest BCUT2D eigenvalue weighted by atomic mass is 10.1. The zero-order chi connectivity index (χ0) is 14.5. The second-order valence-corrected chi connectivity index (χ2v) is 6.11. The van der Waals surface area contributed by atoms with E-state index in [0.717, 1.165) is 10.4 Å². The highest BCUT2D eigenvalue weighted by atomic mass is 35.5. The van der Waals surface area contributed by atoms with Crippen LogP contribution in [0.25, 0.3) is 0 Å². The molecular formula is C14H13Cl2NO2S. The summed E-state index contributed by atoms with van der Waals surface area (Å²) in [5.74, 6) is -0.840. The normalized spacial score (nSPS) is 12.3. The SMILES string of the molecule is O=C(O)CC(NCc1cc(Cl)ccc1Cl)c1cccs1. The predicted molar refractivity (Wildman–Crippen MR) is 82.6 cm³/mol. The van der Waals surface area contributed by atoms with E-state index in [1.54, 1.807) is 18.2 Å². The molecule has 0 fully saturated rings. The number of carboxylic acid groups (broad SMARTS) is 1. The number of thiophene rings is 1. The van der Waals surface area contributed by atoms with Gasteiger partial charge in [0.15, 0.2) is 0 Å². The van der Waals surface area contributed by atoms with Gasteiger partial charge in [-0.1, -0.05) is 29.3 Å². The maximum Gasteiger partial charge on any atom is 0.305 e. The van der Waals surface area contributed by atoms with Gasteiger partial charge in [-0.15, -0.1) is 11.3 Å². The molecule has 1 heterocycles. The van der Waals surface area contributed by atoms with Crippen molar-refractivity contribution in [2.45, 2.75) is 19.0 Å². The fourth-order valence-corrected chi connectivity index (χ4v) is 3.03. The number of rotatable bonds is 6. The van der Waals surface area contributed by atoms with Crippen LogP contribution in [0.5, 0.6) is 0 Å². The molecule has 1 aromatic carbocycles. The number of benzene rings is 1. The molecule has 2 rings (SSSR count). The molecule has 20 heavy (non-hydrogen) atoms. The van der Waals surface area contributed by atoms with Crippen molar-refractivity contribution in [2.24, 2.45) is 0 Å². The minimum Gasteiger partial charge on any atom is -0.481 e. The van der Waals surface area contributed by atoms with E-state index >= 15 is 0 Å². The largest absolute Gasteiger partial charge is 0.481 e. The quantitative estimate of drug-likeness (QED) is 0.827. The average Bonchev–Trinajstić information content (AvgIpc) is 2.91. The number of halogens is 2. The fourth-order valence-electron chi connectivity index (χ4n) is 1.85. The molecule has 2 N–H and O–H groups in total. The van der Waals surface area contributed by atoms with Crippen LogP contribution < -0.4 is 5.32 Å². The summed E-state index contributed by atoms with van der Waals surface area (Å²) >= 11 is 13.6. The summed E-state index contributed by atoms with van der Waals surface area (Å²) in [5, 5.41) is 15.4. The monoisotopic (exact) mass is 329 g/mol. The van der Waals surface area contributed by atoms with E-state index in [0.29, 0.717) is 16.6 Å². The average molecular weight is 330 g/mol. The van der Waals surface area contributed by atoms with Gasteiger partial charge in [-0.3, -0.25) is 4.79 Å². The third-order valence-electron chi connectivity index (χ3n) is 2.81. The summed E-state index contributed by atoms with van der Waals surface area (Å²) in [6.07, 6.45) is 0.0265. The number of aliphatic carboxylic acids is 1. The number of nitrogens with one attached hydrogen (secondary N) is 1. The van der Waals surface area contributed by atoms with Crippen molar-refractivity contribution in [2.75, 3.05) is 0 Å². The van der Waals surface area contributed by atoms with Crippen molar-refractivity contribution in [1.82, 2.24) is 5.32 Å². The first-order valence-corrected chi connectivity index (χ1v) is 7.62. The van der Waals surface area contributed by atoms with Crippen LogP contribution in [0.15, 0.2) is 35.7 Å². The highest BCUT2D eigenvalue weighted by molar-refractivity contribution is 7.10. The molecule has 1 unspecified atom stereocenters. The summed E-state index contributed by atoms with van der Waals surface area (Å²) in [4.78, 5) is 11.9. The maximum absolute atomic E-state index is 11.0. The zero-order valence-corrected chi connectivity index (χ0v) is 12.8. The Kier molecular flexibility index (Phi) is 5.43. The molecule has 0 saturated heterocycles. The number of hydrogen-bond donors (Lipinski definition) is 2. The predicted octanol–water partition coefficient (Wildman–Crippen LogP) is 4.36. The van der Waals surface area contributed by atoms with Gasteiger partial charge in [-0.2, -0.15) is 0 Å². The molecule has 3 nitrogen and oxygen atoms in total. The second kappa shape index (κ2) is 7.09. The summed E-state index contributed by atoms with van der Waals surface area (Å²) in [7, 11) is 0. The smallest absolute Gasteiger partial charge is 0.305 e. The first-order valence-electron chi connectivity index (χ1n) is 5.99. The van der Waals surface area contributed by atoms with Crippen LogP contribution in [0.3, 0.4) is 0 Å². The van der Waals surface area contributed by atoms with Gasteiger partial charge < -0.3 is 10.4 Å². The van der Waals surface area contributed by atoms with E-state index in [2.05, 4.69) is 5.32 Å². The van der Waals surface area contributed by atoms with Crippen LogP contribution in [0.1, 0.15) is 22.9 Å². The lowest BCUT2D eigenvalue weighted by molar-refractivity contribution is -0.137. The molecule has 6 heteroatoms. The molecule has 0 saturated carbocycles. The van der Waals surface area contributed by atoms with Gasteiger partial charge in [0, 0.05) is 21.5 Å². The van der Waals surface area contributed by atoms with Crippen LogP contribution in [-0.4, -0.2) is 11.1 Å². The highest BCUT2D eigenvalue weighted by Gasteiger charge is 2.16. The van der Waals surface area contributed by atoms with Gasteiger partial charge >= 0.3 is 5.97 Å². The molecule has 0 aliphatic carbocycles. The molecule has 0 amide bonds. The molecule has 0 aliphatic rings. The third-order valence-corrected chi connectivity index (χ3v) is 4.40. The van der Waals surface area contributed by atoms with Gasteiger partial charge in [-0.25, -0.2) is 0 Å². The van der Waals surface area contributed by atoms with E-state index in [-0.39, 0.29) is 12.5 Å². The topological polar surface area (TPSA) is 49.3 Å². The lowest BCUT2D eigenvalue weighted by Crippen LogP contribution is -2.23. The van der Waals surface area contributed by atoms with E-state index in [9.17, 15) is 4.79 Å². The molecule has 106 valence electrons. The minimum absolute atomic E-state index is 0.0265. The van der Waals surface area contributed by atoms with Crippen LogP contribution in [-0.2, 0) is 11.3 Å². The van der Waals surface area contributed by atoms with Crippen molar-refractivity contribution >= 4 is 40.5 Å². The summed E-state index contributed by atoms with van der Waals surface area (Å²) in [6.45, 7) is 0.468. The maximum atomic E-state index is 11.0. The first-order chi connectivity index (χ1) is 9.56. The molecule has 2 aromatic rings. The molecule has 0 bridgehead atoms. The van der Waals surface area contributed by atoms with E-state index < -0.39 is 5.97 Å². The summed E-state index contributed by atoms with van der Waals surface area (Å²) < 4.78 is 0. The number of hydrogen-bond acceptors (Lipinski definition) is 3. The van der Waals surface area contributed by atoms with Crippen LogP contribution in [0.2, 0.25) is 10.0 Å². The van der Waals surface area contributed by atoms with E-state index in [4.69, 9.17) is 28.3 Å². The van der Waals surface area contributed by atoms with E-state index in [1.807, 2.05) is 17.5 Å². The van der Waals surface area contributed by atoms with Crippen molar-refractivity contribution in [3.63, 3.8) is 0 Å². The van der Waals surface area contributed by atoms with Crippen LogP contribution >= 0.6 is 34.5 Å². The Balaban J connectivity index is 2.08. The molecule has 0 aliphatic heterocycles. The zero-order valence-electron chi connectivity index (χ0n) is 10.5. The second-order valence-electron chi connectivity index (χ2n) is 4.28. The Hall–Kier alpha value is -1.07. The Morgan fingerprint density at radius 1 is 1.35 bits per heavy atom. The molecule has 1 aromatic heterocycles. The highest BCUT2D eigenvalue weighted by Crippen LogP contribution is 2.25. The van der Waals surface area contributed by atoms with Crippen molar-refractivity contribution in [3.8, 4) is 0 Å². The molecule has 1 atom stereocenters. The Morgan fingerprint density at radius 2 is 2.15 bits per heavy atom. The van der Waals surface area contributed by atoms with Gasteiger partial charge in [0.2, 0.25) is 0 Å². The standard InChI is InChI=1S/C14H13Cl2NO2S/c15-10-3-4-11(16)9(6-10)8-17-12(7-14(18)19)13-2-1-5-20-13/h1-6,12,17H,7-8H2,(H,18,19). The van der Waals surface area contributed by atoms with Gasteiger partial charge in [0.1, 0.15) is 0 Å². The Bertz CT molecular complexity index is 587. The first kappa shape index (κ1) is 15.3. The molecule has 0 spiro atoms. The van der Waals surface area contributed by atoms with E-state index in [1.165, 1.54) is 11.3 Å². The Morgan fingerprint density at radius 3 is 2.80 bits per heavy atom. The fraction of sp³-hybridized carbons (Fsp3) is 0.214. The summed E-state index contributed by atoms with van der Waals surface area (Å²) in [5.41, 5.74) is 0.853. The number of carboxylic acids is 1. The molecule has 0 radical (unpaired) electrons. The minimum atomic E-state index is -0.840. The summed E-state index contributed by atoms with van der Waals surface area (Å²) in [6, 6.07) is 8.83. The van der Waals surface area contributed by atoms with Gasteiger partial charge in [-0.05, 0) is 35.2 Å². The van der Waals surface area contributed by atoms with Crippen molar-refractivity contribution in [1.29, 1.82) is 0 Å².